The van der Waals surface area contributed by atoms with E-state index >= 15 is 0 Å². The van der Waals surface area contributed by atoms with Crippen molar-refractivity contribution >= 4 is 5.97 Å². The van der Waals surface area contributed by atoms with E-state index in [9.17, 15) is 4.79 Å². The number of ether oxygens (including phenoxy) is 2. The summed E-state index contributed by atoms with van der Waals surface area (Å²) in [6, 6.07) is 0. The number of hydrogen-bond acceptors (Lipinski definition) is 3. The molecule has 0 N–H and O–H groups in total. The molecule has 0 aliphatic carbocycles. The Morgan fingerprint density at radius 3 is 2.75 bits per heavy atom. The van der Waals surface area contributed by atoms with E-state index in [1.165, 1.54) is 0 Å². The Bertz CT molecular complexity index is 262. The van der Waals surface area contributed by atoms with Gasteiger partial charge in [0, 0.05) is 0 Å². The maximum Gasteiger partial charge on any atom is 0.315 e. The second kappa shape index (κ2) is 5.48. The first-order chi connectivity index (χ1) is 7.51. The molecule has 16 heavy (non-hydrogen) atoms. The van der Waals surface area contributed by atoms with Crippen molar-refractivity contribution in [2.24, 2.45) is 5.41 Å². The van der Waals surface area contributed by atoms with Gasteiger partial charge >= 0.3 is 5.97 Å². The summed E-state index contributed by atoms with van der Waals surface area (Å²) in [5.74, 6) is -0.201. The lowest BCUT2D eigenvalue weighted by atomic mass is 9.84. The van der Waals surface area contributed by atoms with E-state index in [0.29, 0.717) is 19.1 Å². The molecule has 3 atom stereocenters. The Labute approximate surface area is 97.8 Å². The van der Waals surface area contributed by atoms with Crippen LogP contribution < -0.4 is 0 Å². The molecule has 1 rings (SSSR count). The molecular formula is C13H22O3. The highest BCUT2D eigenvalue weighted by atomic mass is 16.5. The monoisotopic (exact) mass is 226 g/mol. The summed E-state index contributed by atoms with van der Waals surface area (Å²) < 4.78 is 10.8. The van der Waals surface area contributed by atoms with Crippen molar-refractivity contribution in [2.45, 2.75) is 52.2 Å². The number of carbonyl (C=O) groups is 1. The average Bonchev–Trinajstić information content (AvgIpc) is 2.64. The molecule has 92 valence electrons. The Balaban J connectivity index is 2.59. The molecule has 3 nitrogen and oxygen atoms in total. The molecule has 0 amide bonds. The SMILES string of the molecule is C=CC(C)(CC1CCC(C)O1)C(=O)OCC. The predicted molar refractivity (Wildman–Crippen MR) is 63.1 cm³/mol. The minimum absolute atomic E-state index is 0.155. The molecule has 0 spiro atoms. The summed E-state index contributed by atoms with van der Waals surface area (Å²) in [4.78, 5) is 11.8. The molecule has 0 saturated carbocycles. The summed E-state index contributed by atoms with van der Waals surface area (Å²) in [6.07, 6.45) is 4.89. The lowest BCUT2D eigenvalue weighted by Gasteiger charge is -2.26. The van der Waals surface area contributed by atoms with Gasteiger partial charge in [0.25, 0.3) is 0 Å². The second-order valence-electron chi connectivity index (χ2n) is 4.69. The maximum absolute atomic E-state index is 11.8. The van der Waals surface area contributed by atoms with Crippen molar-refractivity contribution in [3.8, 4) is 0 Å². The molecule has 0 radical (unpaired) electrons. The summed E-state index contributed by atoms with van der Waals surface area (Å²) >= 11 is 0. The molecule has 0 bridgehead atoms. The van der Waals surface area contributed by atoms with Crippen molar-refractivity contribution < 1.29 is 14.3 Å². The van der Waals surface area contributed by atoms with Gasteiger partial charge in [0.15, 0.2) is 0 Å². The smallest absolute Gasteiger partial charge is 0.315 e. The van der Waals surface area contributed by atoms with Crippen LogP contribution in [0.3, 0.4) is 0 Å². The van der Waals surface area contributed by atoms with Crippen LogP contribution in [0.1, 0.15) is 40.0 Å². The zero-order valence-electron chi connectivity index (χ0n) is 10.5. The molecule has 3 unspecified atom stereocenters. The number of rotatable bonds is 5. The fourth-order valence-electron chi connectivity index (χ4n) is 2.05. The number of carbonyl (C=O) groups excluding carboxylic acids is 1. The van der Waals surface area contributed by atoms with Crippen LogP contribution in [0.4, 0.5) is 0 Å². The zero-order valence-corrected chi connectivity index (χ0v) is 10.5. The lowest BCUT2D eigenvalue weighted by Crippen LogP contribution is -2.32. The van der Waals surface area contributed by atoms with Gasteiger partial charge in [-0.3, -0.25) is 4.79 Å². The fraction of sp³-hybridized carbons (Fsp3) is 0.769. The van der Waals surface area contributed by atoms with Crippen molar-refractivity contribution in [1.29, 1.82) is 0 Å². The quantitative estimate of drug-likeness (QED) is 0.534. The first kappa shape index (κ1) is 13.2. The van der Waals surface area contributed by atoms with E-state index in [-0.39, 0.29) is 12.1 Å². The molecule has 1 aliphatic heterocycles. The maximum atomic E-state index is 11.8. The third-order valence-corrected chi connectivity index (χ3v) is 3.16. The first-order valence-electron chi connectivity index (χ1n) is 5.98. The second-order valence-corrected chi connectivity index (χ2v) is 4.69. The van der Waals surface area contributed by atoms with Gasteiger partial charge in [0.05, 0.1) is 24.2 Å². The van der Waals surface area contributed by atoms with Gasteiger partial charge in [0.1, 0.15) is 0 Å². The van der Waals surface area contributed by atoms with E-state index in [1.807, 2.05) is 13.8 Å². The highest BCUT2D eigenvalue weighted by molar-refractivity contribution is 5.78. The summed E-state index contributed by atoms with van der Waals surface area (Å²) in [7, 11) is 0. The zero-order chi connectivity index (χ0) is 12.2. The summed E-state index contributed by atoms with van der Waals surface area (Å²) in [6.45, 7) is 9.89. The van der Waals surface area contributed by atoms with Gasteiger partial charge in [-0.25, -0.2) is 0 Å². The molecule has 1 saturated heterocycles. The van der Waals surface area contributed by atoms with Gasteiger partial charge < -0.3 is 9.47 Å². The standard InChI is InChI=1S/C13H22O3/c1-5-13(4,12(14)15-6-2)9-11-8-7-10(3)16-11/h5,10-11H,1,6-9H2,2-4H3. The average molecular weight is 226 g/mol. The minimum Gasteiger partial charge on any atom is -0.465 e. The van der Waals surface area contributed by atoms with Crippen molar-refractivity contribution in [1.82, 2.24) is 0 Å². The Hall–Kier alpha value is -0.830. The van der Waals surface area contributed by atoms with Gasteiger partial charge in [-0.05, 0) is 40.0 Å². The Morgan fingerprint density at radius 1 is 1.62 bits per heavy atom. The van der Waals surface area contributed by atoms with Crippen LogP contribution in [0, 0.1) is 5.41 Å². The van der Waals surface area contributed by atoms with Crippen molar-refractivity contribution in [3.05, 3.63) is 12.7 Å². The van der Waals surface area contributed by atoms with Crippen LogP contribution in [0.2, 0.25) is 0 Å². The van der Waals surface area contributed by atoms with Crippen molar-refractivity contribution in [2.75, 3.05) is 6.61 Å². The molecule has 3 heteroatoms. The van der Waals surface area contributed by atoms with Gasteiger partial charge in [0.2, 0.25) is 0 Å². The lowest BCUT2D eigenvalue weighted by molar-refractivity contribution is -0.153. The van der Waals surface area contributed by atoms with Crippen molar-refractivity contribution in [3.63, 3.8) is 0 Å². The Morgan fingerprint density at radius 2 is 2.31 bits per heavy atom. The van der Waals surface area contributed by atoms with Crippen LogP contribution in [-0.2, 0) is 14.3 Å². The van der Waals surface area contributed by atoms with Crippen LogP contribution >= 0.6 is 0 Å². The van der Waals surface area contributed by atoms with Crippen LogP contribution in [0.25, 0.3) is 0 Å². The van der Waals surface area contributed by atoms with E-state index in [0.717, 1.165) is 12.8 Å². The molecule has 1 fully saturated rings. The molecule has 0 aromatic heterocycles. The summed E-state index contributed by atoms with van der Waals surface area (Å²) in [5.41, 5.74) is -0.620. The first-order valence-corrected chi connectivity index (χ1v) is 5.98. The molecule has 1 heterocycles. The number of esters is 1. The summed E-state index contributed by atoms with van der Waals surface area (Å²) in [5, 5.41) is 0. The Kier molecular flexibility index (Phi) is 4.54. The largest absolute Gasteiger partial charge is 0.465 e. The van der Waals surface area contributed by atoms with Crippen LogP contribution in [-0.4, -0.2) is 24.8 Å². The van der Waals surface area contributed by atoms with Crippen LogP contribution in [0.5, 0.6) is 0 Å². The van der Waals surface area contributed by atoms with Crippen LogP contribution in [0.15, 0.2) is 12.7 Å². The normalized spacial score (nSPS) is 28.4. The highest BCUT2D eigenvalue weighted by Crippen LogP contribution is 2.33. The van der Waals surface area contributed by atoms with Gasteiger partial charge in [-0.2, -0.15) is 0 Å². The molecular weight excluding hydrogens is 204 g/mol. The van der Waals surface area contributed by atoms with E-state index in [4.69, 9.17) is 9.47 Å². The predicted octanol–water partition coefficient (Wildman–Crippen LogP) is 2.70. The van der Waals surface area contributed by atoms with Gasteiger partial charge in [-0.15, -0.1) is 6.58 Å². The van der Waals surface area contributed by atoms with E-state index < -0.39 is 5.41 Å². The topological polar surface area (TPSA) is 35.5 Å². The molecule has 0 aromatic rings. The van der Waals surface area contributed by atoms with Gasteiger partial charge in [-0.1, -0.05) is 6.08 Å². The highest BCUT2D eigenvalue weighted by Gasteiger charge is 2.36. The molecule has 1 aliphatic rings. The van der Waals surface area contributed by atoms with E-state index in [2.05, 4.69) is 13.5 Å². The minimum atomic E-state index is -0.620. The third-order valence-electron chi connectivity index (χ3n) is 3.16. The molecule has 0 aromatic carbocycles. The number of hydrogen-bond donors (Lipinski definition) is 0. The van der Waals surface area contributed by atoms with E-state index in [1.54, 1.807) is 6.08 Å². The fourth-order valence-corrected chi connectivity index (χ4v) is 2.05. The third kappa shape index (κ3) is 3.08.